The van der Waals surface area contributed by atoms with Crippen LogP contribution in [0.15, 0.2) is 54.6 Å². The van der Waals surface area contributed by atoms with Crippen molar-refractivity contribution in [2.24, 2.45) is 5.92 Å². The highest BCUT2D eigenvalue weighted by Crippen LogP contribution is 2.20. The molecular weight excluding hydrogens is 352 g/mol. The maximum absolute atomic E-state index is 12.5. The largest absolute Gasteiger partial charge is 0.484 e. The third kappa shape index (κ3) is 4.99. The first-order valence-electron chi connectivity index (χ1n) is 8.64. The van der Waals surface area contributed by atoms with E-state index in [4.69, 9.17) is 16.3 Å². The summed E-state index contributed by atoms with van der Waals surface area (Å²) in [6.07, 6.45) is 1.58. The molecule has 1 fully saturated rings. The van der Waals surface area contributed by atoms with Crippen LogP contribution in [-0.2, 0) is 9.59 Å². The van der Waals surface area contributed by atoms with E-state index in [0.717, 1.165) is 18.5 Å². The summed E-state index contributed by atoms with van der Waals surface area (Å²) >= 11 is 5.91. The average molecular weight is 373 g/mol. The van der Waals surface area contributed by atoms with E-state index in [-0.39, 0.29) is 24.3 Å². The predicted molar refractivity (Wildman–Crippen MR) is 101 cm³/mol. The normalized spacial score (nSPS) is 16.8. The van der Waals surface area contributed by atoms with Crippen LogP contribution in [0.1, 0.15) is 12.8 Å². The van der Waals surface area contributed by atoms with Crippen LogP contribution in [0, 0.1) is 5.92 Å². The summed E-state index contributed by atoms with van der Waals surface area (Å²) in [5.41, 5.74) is 0.769. The molecule has 1 aliphatic heterocycles. The zero-order chi connectivity index (χ0) is 18.4. The molecule has 2 aromatic rings. The highest BCUT2D eigenvalue weighted by molar-refractivity contribution is 6.30. The Morgan fingerprint density at radius 3 is 2.73 bits per heavy atom. The second kappa shape index (κ2) is 8.72. The van der Waals surface area contributed by atoms with Gasteiger partial charge in [0, 0.05) is 23.8 Å². The topological polar surface area (TPSA) is 58.6 Å². The Hall–Kier alpha value is -2.53. The summed E-state index contributed by atoms with van der Waals surface area (Å²) in [5.74, 6) is 0.173. The Labute approximate surface area is 157 Å². The van der Waals surface area contributed by atoms with E-state index in [0.29, 0.717) is 23.9 Å². The second-order valence-electron chi connectivity index (χ2n) is 6.28. The van der Waals surface area contributed by atoms with Gasteiger partial charge in [-0.25, -0.2) is 0 Å². The van der Waals surface area contributed by atoms with Gasteiger partial charge in [-0.3, -0.25) is 9.59 Å². The van der Waals surface area contributed by atoms with E-state index in [1.54, 1.807) is 29.2 Å². The average Bonchev–Trinajstić information content (AvgIpc) is 2.67. The molecule has 1 unspecified atom stereocenters. The zero-order valence-corrected chi connectivity index (χ0v) is 15.1. The van der Waals surface area contributed by atoms with Crippen LogP contribution in [0.25, 0.3) is 0 Å². The summed E-state index contributed by atoms with van der Waals surface area (Å²) in [4.78, 5) is 26.6. The van der Waals surface area contributed by atoms with Gasteiger partial charge < -0.3 is 15.0 Å². The van der Waals surface area contributed by atoms with Crippen molar-refractivity contribution in [3.63, 3.8) is 0 Å². The molecule has 0 bridgehead atoms. The maximum atomic E-state index is 12.5. The Balaban J connectivity index is 1.52. The second-order valence-corrected chi connectivity index (χ2v) is 6.72. The van der Waals surface area contributed by atoms with Crippen molar-refractivity contribution >= 4 is 29.1 Å². The number of nitrogens with one attached hydrogen (secondary N) is 1. The lowest BCUT2D eigenvalue weighted by atomic mass is 9.97. The fraction of sp³-hybridized carbons (Fsp3) is 0.300. The number of halogens is 1. The van der Waals surface area contributed by atoms with Crippen molar-refractivity contribution in [3.05, 3.63) is 59.6 Å². The van der Waals surface area contributed by atoms with E-state index in [1.165, 1.54) is 0 Å². The van der Waals surface area contributed by atoms with Gasteiger partial charge in [0.25, 0.3) is 5.91 Å². The number of likely N-dealkylation sites (tertiary alicyclic amines) is 1. The number of rotatable bonds is 5. The molecule has 2 aromatic carbocycles. The molecule has 0 saturated carbocycles. The minimum atomic E-state index is -0.209. The number of para-hydroxylation sites is 1. The molecule has 5 nitrogen and oxygen atoms in total. The van der Waals surface area contributed by atoms with Gasteiger partial charge >= 0.3 is 0 Å². The third-order valence-electron chi connectivity index (χ3n) is 4.34. The highest BCUT2D eigenvalue weighted by Gasteiger charge is 2.28. The molecular formula is C20H21ClN2O3. The molecule has 1 N–H and O–H groups in total. The van der Waals surface area contributed by atoms with Crippen molar-refractivity contribution in [1.29, 1.82) is 0 Å². The van der Waals surface area contributed by atoms with E-state index in [1.807, 2.05) is 30.3 Å². The Morgan fingerprint density at radius 2 is 1.96 bits per heavy atom. The Kier molecular flexibility index (Phi) is 6.12. The lowest BCUT2D eigenvalue weighted by Gasteiger charge is -2.32. The number of nitrogens with zero attached hydrogens (tertiary/aromatic N) is 1. The number of benzene rings is 2. The molecule has 1 saturated heterocycles. The van der Waals surface area contributed by atoms with Crippen molar-refractivity contribution in [3.8, 4) is 5.75 Å². The minimum Gasteiger partial charge on any atom is -0.484 e. The predicted octanol–water partition coefficient (Wildman–Crippen LogP) is 3.60. The van der Waals surface area contributed by atoms with Gasteiger partial charge in [0.2, 0.25) is 5.91 Å². The number of piperidine rings is 1. The van der Waals surface area contributed by atoms with Crippen molar-refractivity contribution < 1.29 is 14.3 Å². The van der Waals surface area contributed by atoms with Gasteiger partial charge in [0.05, 0.1) is 5.92 Å². The highest BCUT2D eigenvalue weighted by atomic mass is 35.5. The minimum absolute atomic E-state index is 0.0514. The molecule has 0 aliphatic carbocycles. The van der Waals surface area contributed by atoms with Gasteiger partial charge in [-0.2, -0.15) is 0 Å². The van der Waals surface area contributed by atoms with Crippen LogP contribution >= 0.6 is 11.6 Å². The first-order valence-corrected chi connectivity index (χ1v) is 9.01. The Morgan fingerprint density at radius 1 is 1.15 bits per heavy atom. The quantitative estimate of drug-likeness (QED) is 0.872. The molecule has 1 heterocycles. The molecule has 6 heteroatoms. The van der Waals surface area contributed by atoms with Gasteiger partial charge in [-0.1, -0.05) is 35.9 Å². The number of carbonyl (C=O) groups excluding carboxylic acids is 2. The number of amides is 2. The van der Waals surface area contributed by atoms with Crippen LogP contribution in [0.4, 0.5) is 5.69 Å². The maximum Gasteiger partial charge on any atom is 0.260 e. The van der Waals surface area contributed by atoms with Crippen LogP contribution in [0.5, 0.6) is 5.75 Å². The van der Waals surface area contributed by atoms with E-state index < -0.39 is 0 Å². The van der Waals surface area contributed by atoms with Gasteiger partial charge in [-0.15, -0.1) is 0 Å². The molecule has 26 heavy (non-hydrogen) atoms. The van der Waals surface area contributed by atoms with Crippen molar-refractivity contribution in [2.45, 2.75) is 12.8 Å². The first-order chi connectivity index (χ1) is 12.6. The lowest BCUT2D eigenvalue weighted by Crippen LogP contribution is -2.45. The zero-order valence-electron chi connectivity index (χ0n) is 14.4. The van der Waals surface area contributed by atoms with Crippen LogP contribution in [0.2, 0.25) is 5.02 Å². The molecule has 0 aromatic heterocycles. The molecule has 1 atom stereocenters. The SMILES string of the molecule is O=C(Nc1ccccc1)C1CCCN(C(=O)COc2cccc(Cl)c2)C1. The number of ether oxygens (including phenoxy) is 1. The number of hydrogen-bond donors (Lipinski definition) is 1. The van der Waals surface area contributed by atoms with E-state index in [2.05, 4.69) is 5.32 Å². The lowest BCUT2D eigenvalue weighted by molar-refractivity contribution is -0.136. The summed E-state index contributed by atoms with van der Waals surface area (Å²) < 4.78 is 5.52. The fourth-order valence-electron chi connectivity index (χ4n) is 2.98. The van der Waals surface area contributed by atoms with Crippen molar-refractivity contribution in [1.82, 2.24) is 4.90 Å². The molecule has 1 aliphatic rings. The number of carbonyl (C=O) groups is 2. The molecule has 136 valence electrons. The van der Waals surface area contributed by atoms with Crippen LogP contribution in [0.3, 0.4) is 0 Å². The standard InChI is InChI=1S/C20H21ClN2O3/c21-16-7-4-10-18(12-16)26-14-19(24)23-11-5-6-15(13-23)20(25)22-17-8-2-1-3-9-17/h1-4,7-10,12,15H,5-6,11,13-14H2,(H,22,25). The van der Waals surface area contributed by atoms with Crippen molar-refractivity contribution in [2.75, 3.05) is 25.0 Å². The number of hydrogen-bond acceptors (Lipinski definition) is 3. The first kappa shape index (κ1) is 18.3. The molecule has 0 spiro atoms. The summed E-state index contributed by atoms with van der Waals surface area (Å²) in [7, 11) is 0. The fourth-order valence-corrected chi connectivity index (χ4v) is 3.16. The van der Waals surface area contributed by atoms with E-state index >= 15 is 0 Å². The molecule has 3 rings (SSSR count). The van der Waals surface area contributed by atoms with Crippen LogP contribution < -0.4 is 10.1 Å². The smallest absolute Gasteiger partial charge is 0.260 e. The summed E-state index contributed by atoms with van der Waals surface area (Å²) in [6, 6.07) is 16.3. The third-order valence-corrected chi connectivity index (χ3v) is 4.58. The monoisotopic (exact) mass is 372 g/mol. The van der Waals surface area contributed by atoms with Gasteiger partial charge in [0.15, 0.2) is 6.61 Å². The van der Waals surface area contributed by atoms with Crippen LogP contribution in [-0.4, -0.2) is 36.4 Å². The Bertz CT molecular complexity index is 767. The molecule has 0 radical (unpaired) electrons. The number of anilines is 1. The molecule has 2 amide bonds. The van der Waals surface area contributed by atoms with Gasteiger partial charge in [0.1, 0.15) is 5.75 Å². The van der Waals surface area contributed by atoms with E-state index in [9.17, 15) is 9.59 Å². The summed E-state index contributed by atoms with van der Waals surface area (Å²) in [6.45, 7) is 0.997. The van der Waals surface area contributed by atoms with Gasteiger partial charge in [-0.05, 0) is 43.2 Å². The summed E-state index contributed by atoms with van der Waals surface area (Å²) in [5, 5.41) is 3.47.